The second kappa shape index (κ2) is 10.4. The monoisotopic (exact) mass is 396 g/mol. The zero-order valence-electron chi connectivity index (χ0n) is 17.3. The molecule has 0 radical (unpaired) electrons. The van der Waals surface area contributed by atoms with Gasteiger partial charge in [-0.1, -0.05) is 38.1 Å². The van der Waals surface area contributed by atoms with Crippen LogP contribution in [0.1, 0.15) is 55.2 Å². The highest BCUT2D eigenvalue weighted by molar-refractivity contribution is 5.93. The molecule has 0 fully saturated rings. The van der Waals surface area contributed by atoms with Gasteiger partial charge in [-0.15, -0.1) is 0 Å². The number of hydrogen-bond acceptors (Lipinski definition) is 4. The number of hydrogen-bond donors (Lipinski definition) is 2. The fourth-order valence-electron chi connectivity index (χ4n) is 2.89. The molecule has 29 heavy (non-hydrogen) atoms. The second-order valence-corrected chi connectivity index (χ2v) is 7.46. The number of carbonyl (C=O) groups excluding carboxylic acids is 3. The molecule has 2 rings (SSSR count). The van der Waals surface area contributed by atoms with Crippen molar-refractivity contribution < 1.29 is 19.1 Å². The Labute approximate surface area is 171 Å². The van der Waals surface area contributed by atoms with Crippen molar-refractivity contribution >= 4 is 23.5 Å². The third-order valence-electron chi connectivity index (χ3n) is 4.28. The molecule has 2 aromatic carbocycles. The van der Waals surface area contributed by atoms with Crippen LogP contribution in [0, 0.1) is 5.92 Å². The molecule has 0 saturated heterocycles. The van der Waals surface area contributed by atoms with Crippen LogP contribution in [0.3, 0.4) is 0 Å². The van der Waals surface area contributed by atoms with Crippen molar-refractivity contribution in [1.82, 2.24) is 5.32 Å². The van der Waals surface area contributed by atoms with E-state index in [0.717, 1.165) is 12.0 Å². The van der Waals surface area contributed by atoms with E-state index in [-0.39, 0.29) is 24.5 Å². The van der Waals surface area contributed by atoms with Crippen molar-refractivity contribution in [2.45, 2.75) is 40.2 Å². The van der Waals surface area contributed by atoms with Crippen molar-refractivity contribution in [3.63, 3.8) is 0 Å². The highest BCUT2D eigenvalue weighted by atomic mass is 16.5. The minimum atomic E-state index is -0.597. The second-order valence-electron chi connectivity index (χ2n) is 7.46. The molecule has 6 nitrogen and oxygen atoms in total. The smallest absolute Gasteiger partial charge is 0.338 e. The van der Waals surface area contributed by atoms with Crippen LogP contribution in [0.5, 0.6) is 0 Å². The van der Waals surface area contributed by atoms with Gasteiger partial charge in [-0.05, 0) is 54.7 Å². The molecular weight excluding hydrogens is 368 g/mol. The molecule has 2 N–H and O–H groups in total. The summed E-state index contributed by atoms with van der Waals surface area (Å²) in [5, 5.41) is 5.45. The van der Waals surface area contributed by atoms with Crippen LogP contribution in [-0.2, 0) is 20.7 Å². The lowest BCUT2D eigenvalue weighted by molar-refractivity contribution is -0.124. The van der Waals surface area contributed by atoms with Gasteiger partial charge in [0.15, 0.2) is 6.61 Å². The van der Waals surface area contributed by atoms with Gasteiger partial charge in [0, 0.05) is 12.6 Å². The van der Waals surface area contributed by atoms with Crippen LogP contribution in [-0.4, -0.2) is 24.4 Å². The molecular formula is C23H28N2O4. The van der Waals surface area contributed by atoms with Crippen molar-refractivity contribution in [3.05, 3.63) is 65.2 Å². The molecule has 154 valence electrons. The zero-order chi connectivity index (χ0) is 21.4. The fraction of sp³-hybridized carbons (Fsp3) is 0.348. The topological polar surface area (TPSA) is 84.5 Å². The third-order valence-corrected chi connectivity index (χ3v) is 4.28. The Kier molecular flexibility index (Phi) is 7.95. The first-order valence-corrected chi connectivity index (χ1v) is 9.67. The van der Waals surface area contributed by atoms with Crippen molar-refractivity contribution in [2.75, 3.05) is 11.9 Å². The maximum Gasteiger partial charge on any atom is 0.338 e. The van der Waals surface area contributed by atoms with E-state index in [4.69, 9.17) is 4.74 Å². The molecule has 0 aliphatic carbocycles. The van der Waals surface area contributed by atoms with Crippen LogP contribution in [0.2, 0.25) is 0 Å². The first kappa shape index (κ1) is 22.1. The van der Waals surface area contributed by atoms with E-state index in [2.05, 4.69) is 36.6 Å². The van der Waals surface area contributed by atoms with Crippen LogP contribution >= 0.6 is 0 Å². The van der Waals surface area contributed by atoms with E-state index in [0.29, 0.717) is 17.2 Å². The number of amides is 2. The van der Waals surface area contributed by atoms with Gasteiger partial charge in [0.2, 0.25) is 5.91 Å². The van der Waals surface area contributed by atoms with Crippen LogP contribution < -0.4 is 10.6 Å². The Balaban J connectivity index is 1.82. The average molecular weight is 396 g/mol. The normalized spacial score (nSPS) is 11.6. The Morgan fingerprint density at radius 1 is 0.931 bits per heavy atom. The molecule has 1 atom stereocenters. The summed E-state index contributed by atoms with van der Waals surface area (Å²) in [6.45, 7) is 7.28. The van der Waals surface area contributed by atoms with Crippen LogP contribution in [0.15, 0.2) is 48.5 Å². The first-order chi connectivity index (χ1) is 13.7. The summed E-state index contributed by atoms with van der Waals surface area (Å²) in [6, 6.07) is 14.2. The van der Waals surface area contributed by atoms with Crippen molar-refractivity contribution in [2.24, 2.45) is 5.92 Å². The fourth-order valence-corrected chi connectivity index (χ4v) is 2.89. The molecule has 2 amide bonds. The Morgan fingerprint density at radius 2 is 1.55 bits per heavy atom. The van der Waals surface area contributed by atoms with Crippen LogP contribution in [0.4, 0.5) is 5.69 Å². The summed E-state index contributed by atoms with van der Waals surface area (Å²) < 4.78 is 5.07. The SMILES string of the molecule is CC(=O)Nc1ccc(C(=O)OCC(=O)N[C@@H](C)c2ccc(CC(C)C)cc2)cc1. The minimum Gasteiger partial charge on any atom is -0.452 e. The van der Waals surface area contributed by atoms with E-state index >= 15 is 0 Å². The number of rotatable bonds is 8. The largest absolute Gasteiger partial charge is 0.452 e. The molecule has 0 aliphatic rings. The van der Waals surface area contributed by atoms with Gasteiger partial charge in [-0.25, -0.2) is 4.79 Å². The lowest BCUT2D eigenvalue weighted by atomic mass is 10.00. The molecule has 0 aliphatic heterocycles. The summed E-state index contributed by atoms with van der Waals surface area (Å²) in [7, 11) is 0. The van der Waals surface area contributed by atoms with Crippen LogP contribution in [0.25, 0.3) is 0 Å². The maximum atomic E-state index is 12.1. The Hall–Kier alpha value is -3.15. The highest BCUT2D eigenvalue weighted by Crippen LogP contribution is 2.16. The number of carbonyl (C=O) groups is 3. The molecule has 0 unspecified atom stereocenters. The summed E-state index contributed by atoms with van der Waals surface area (Å²) in [6.07, 6.45) is 1.02. The molecule has 0 aromatic heterocycles. The number of benzene rings is 2. The predicted octanol–water partition coefficient (Wildman–Crippen LogP) is 3.88. The minimum absolute atomic E-state index is 0.189. The Bertz CT molecular complexity index is 842. The molecule has 0 spiro atoms. The molecule has 0 bridgehead atoms. The molecule has 0 heterocycles. The highest BCUT2D eigenvalue weighted by Gasteiger charge is 2.13. The molecule has 2 aromatic rings. The van der Waals surface area contributed by atoms with Gasteiger partial charge in [0.05, 0.1) is 11.6 Å². The standard InChI is InChI=1S/C23H28N2O4/c1-15(2)13-18-5-7-19(8-6-18)16(3)24-22(27)14-29-23(28)20-9-11-21(12-10-20)25-17(4)26/h5-12,15-16H,13-14H2,1-4H3,(H,24,27)(H,25,26)/t16-/m0/s1. The summed E-state index contributed by atoms with van der Waals surface area (Å²) in [4.78, 5) is 35.2. The summed E-state index contributed by atoms with van der Waals surface area (Å²) in [5.41, 5.74) is 3.15. The van der Waals surface area contributed by atoms with Gasteiger partial charge in [0.25, 0.3) is 5.91 Å². The quantitative estimate of drug-likeness (QED) is 0.663. The maximum absolute atomic E-state index is 12.1. The summed E-state index contributed by atoms with van der Waals surface area (Å²) >= 11 is 0. The lowest BCUT2D eigenvalue weighted by Crippen LogP contribution is -2.31. The van der Waals surface area contributed by atoms with E-state index < -0.39 is 5.97 Å². The van der Waals surface area contributed by atoms with Gasteiger partial charge < -0.3 is 15.4 Å². The lowest BCUT2D eigenvalue weighted by Gasteiger charge is -2.15. The molecule has 6 heteroatoms. The zero-order valence-corrected chi connectivity index (χ0v) is 17.3. The van der Waals surface area contributed by atoms with Gasteiger partial charge in [-0.3, -0.25) is 9.59 Å². The van der Waals surface area contributed by atoms with E-state index in [9.17, 15) is 14.4 Å². The average Bonchev–Trinajstić information content (AvgIpc) is 2.66. The summed E-state index contributed by atoms with van der Waals surface area (Å²) in [5.74, 6) is -0.567. The number of anilines is 1. The number of nitrogens with one attached hydrogen (secondary N) is 2. The Morgan fingerprint density at radius 3 is 2.10 bits per heavy atom. The van der Waals surface area contributed by atoms with Gasteiger partial charge >= 0.3 is 5.97 Å². The number of ether oxygens (including phenoxy) is 1. The molecule has 0 saturated carbocycles. The van der Waals surface area contributed by atoms with Crippen molar-refractivity contribution in [3.8, 4) is 0 Å². The van der Waals surface area contributed by atoms with E-state index in [1.807, 2.05) is 19.1 Å². The third kappa shape index (κ3) is 7.41. The first-order valence-electron chi connectivity index (χ1n) is 9.67. The van der Waals surface area contributed by atoms with E-state index in [1.54, 1.807) is 12.1 Å². The van der Waals surface area contributed by atoms with E-state index in [1.165, 1.54) is 24.6 Å². The van der Waals surface area contributed by atoms with Gasteiger partial charge in [0.1, 0.15) is 0 Å². The van der Waals surface area contributed by atoms with Crippen molar-refractivity contribution in [1.29, 1.82) is 0 Å². The number of esters is 1. The van der Waals surface area contributed by atoms with Gasteiger partial charge in [-0.2, -0.15) is 0 Å². The predicted molar refractivity (Wildman–Crippen MR) is 113 cm³/mol.